The second-order valence-electron chi connectivity index (χ2n) is 11.9. The molecule has 1 amide bonds. The molecule has 3 aromatic carbocycles. The van der Waals surface area contributed by atoms with Crippen molar-refractivity contribution in [1.29, 1.82) is 0 Å². The Morgan fingerprint density at radius 1 is 0.816 bits per heavy atom. The number of ether oxygens (including phenoxy) is 2. The summed E-state index contributed by atoms with van der Waals surface area (Å²) in [5.41, 5.74) is 7.65. The summed E-state index contributed by atoms with van der Waals surface area (Å²) in [6.45, 7) is 3.07. The largest absolute Gasteiger partial charge is 0.497 e. The molecule has 248 valence electrons. The lowest BCUT2D eigenvalue weighted by Gasteiger charge is -2.36. The van der Waals surface area contributed by atoms with Crippen LogP contribution in [-0.2, 0) is 13.1 Å². The van der Waals surface area contributed by atoms with Crippen molar-refractivity contribution in [2.45, 2.75) is 13.1 Å². The van der Waals surface area contributed by atoms with Crippen molar-refractivity contribution in [2.75, 3.05) is 45.3 Å². The predicted molar refractivity (Wildman–Crippen MR) is 190 cm³/mol. The van der Waals surface area contributed by atoms with Gasteiger partial charge < -0.3 is 24.4 Å². The monoisotopic (exact) mass is 655 g/mol. The number of fused-ring (bicyclic) bond motifs is 1. The van der Waals surface area contributed by atoms with E-state index in [1.54, 1.807) is 14.2 Å². The number of carboxylic acid groups (broad SMARTS) is 1. The molecule has 49 heavy (non-hydrogen) atoms. The van der Waals surface area contributed by atoms with E-state index in [1.807, 2.05) is 107 Å². The number of hydrogen-bond acceptors (Lipinski definition) is 7. The van der Waals surface area contributed by atoms with Gasteiger partial charge in [0.15, 0.2) is 5.65 Å². The molecule has 1 fully saturated rings. The highest BCUT2D eigenvalue weighted by molar-refractivity contribution is 6.03. The van der Waals surface area contributed by atoms with E-state index in [9.17, 15) is 9.90 Å². The molecule has 0 aliphatic carbocycles. The molecule has 1 saturated heterocycles. The van der Waals surface area contributed by atoms with E-state index in [-0.39, 0.29) is 0 Å². The van der Waals surface area contributed by atoms with Gasteiger partial charge in [-0.15, -0.1) is 0 Å². The maximum atomic E-state index is 11.8. The third-order valence-corrected chi connectivity index (χ3v) is 8.79. The van der Waals surface area contributed by atoms with Crippen LogP contribution in [0.4, 0.5) is 10.5 Å². The summed E-state index contributed by atoms with van der Waals surface area (Å²) in [7, 11) is 3.32. The summed E-state index contributed by atoms with van der Waals surface area (Å²) in [4.78, 5) is 20.5. The van der Waals surface area contributed by atoms with Crippen molar-refractivity contribution in [3.63, 3.8) is 0 Å². The Morgan fingerprint density at radius 3 is 2.10 bits per heavy atom. The standard InChI is InChI=1S/C38H37N7O4/c1-48-31-13-8-27(9-14-31)24-44-25-29(22-40-44)12-17-34-35-36(42-18-20-43(21-19-42)38(46)47)33(30-6-4-3-5-7-30)23-39-37(35)45(41-34)26-28-10-15-32(49-2)16-11-28/h3-17,22-23,25H,18-21,24,26H2,1-2H3,(H,46,47). The van der Waals surface area contributed by atoms with Crippen LogP contribution >= 0.6 is 0 Å². The predicted octanol–water partition coefficient (Wildman–Crippen LogP) is 6.38. The van der Waals surface area contributed by atoms with Gasteiger partial charge in [0.1, 0.15) is 11.5 Å². The molecule has 11 nitrogen and oxygen atoms in total. The Kier molecular flexibility index (Phi) is 8.96. The molecule has 6 aromatic rings. The molecule has 4 heterocycles. The van der Waals surface area contributed by atoms with Crippen molar-refractivity contribution >= 4 is 35.0 Å². The minimum atomic E-state index is -0.897. The van der Waals surface area contributed by atoms with Gasteiger partial charge in [-0.1, -0.05) is 54.6 Å². The number of benzene rings is 3. The maximum Gasteiger partial charge on any atom is 0.407 e. The number of hydrogen-bond donors (Lipinski definition) is 1. The molecular weight excluding hydrogens is 618 g/mol. The van der Waals surface area contributed by atoms with Gasteiger partial charge in [0.05, 0.1) is 50.3 Å². The third kappa shape index (κ3) is 6.82. The molecule has 11 heteroatoms. The molecule has 7 rings (SSSR count). The van der Waals surface area contributed by atoms with E-state index >= 15 is 0 Å². The fourth-order valence-electron chi connectivity index (χ4n) is 6.21. The zero-order valence-corrected chi connectivity index (χ0v) is 27.4. The Morgan fingerprint density at radius 2 is 1.47 bits per heavy atom. The van der Waals surface area contributed by atoms with Crippen LogP contribution in [0.2, 0.25) is 0 Å². The molecule has 3 aromatic heterocycles. The Bertz CT molecular complexity index is 2080. The average Bonchev–Trinajstić information content (AvgIpc) is 3.75. The van der Waals surface area contributed by atoms with E-state index in [0.717, 1.165) is 61.7 Å². The smallest absolute Gasteiger partial charge is 0.407 e. The fourth-order valence-corrected chi connectivity index (χ4v) is 6.21. The van der Waals surface area contributed by atoms with E-state index in [4.69, 9.17) is 19.6 Å². The minimum Gasteiger partial charge on any atom is -0.497 e. The van der Waals surface area contributed by atoms with Crippen molar-refractivity contribution in [3.8, 4) is 22.6 Å². The van der Waals surface area contributed by atoms with Crippen molar-refractivity contribution < 1.29 is 19.4 Å². The molecule has 1 aliphatic rings. The number of aromatic nitrogens is 5. The Hall–Kier alpha value is -6.10. The second kappa shape index (κ2) is 13.9. The number of methoxy groups -OCH3 is 2. The summed E-state index contributed by atoms with van der Waals surface area (Å²) < 4.78 is 14.5. The van der Waals surface area contributed by atoms with Gasteiger partial charge in [0.2, 0.25) is 0 Å². The van der Waals surface area contributed by atoms with Crippen LogP contribution in [0, 0.1) is 0 Å². The summed E-state index contributed by atoms with van der Waals surface area (Å²) in [5, 5.41) is 20.3. The molecule has 0 unspecified atom stereocenters. The quantitative estimate of drug-likeness (QED) is 0.181. The van der Waals surface area contributed by atoms with E-state index in [0.29, 0.717) is 39.3 Å². The Labute approximate surface area is 284 Å². The molecule has 0 atom stereocenters. The SMILES string of the molecule is COc1ccc(Cn2cc(C=Cc3nn(Cc4ccc(OC)cc4)c4ncc(-c5ccccc5)c(N5CCN(C(=O)O)CC5)c34)cn2)cc1. The molecule has 1 aliphatic heterocycles. The van der Waals surface area contributed by atoms with Crippen LogP contribution in [0.3, 0.4) is 0 Å². The highest BCUT2D eigenvalue weighted by Gasteiger charge is 2.27. The summed E-state index contributed by atoms with van der Waals surface area (Å²) in [6, 6.07) is 26.1. The zero-order valence-electron chi connectivity index (χ0n) is 27.4. The average molecular weight is 656 g/mol. The number of amides is 1. The second-order valence-corrected chi connectivity index (χ2v) is 11.9. The molecule has 1 N–H and O–H groups in total. The van der Waals surface area contributed by atoms with Crippen molar-refractivity contribution in [2.24, 2.45) is 0 Å². The summed E-state index contributed by atoms with van der Waals surface area (Å²) in [5.74, 6) is 1.61. The summed E-state index contributed by atoms with van der Waals surface area (Å²) >= 11 is 0. The number of nitrogens with zero attached hydrogens (tertiary/aromatic N) is 7. The van der Waals surface area contributed by atoms with Crippen LogP contribution in [0.5, 0.6) is 11.5 Å². The zero-order chi connectivity index (χ0) is 33.7. The third-order valence-electron chi connectivity index (χ3n) is 8.79. The van der Waals surface area contributed by atoms with Crippen molar-refractivity contribution in [3.05, 3.63) is 120 Å². The lowest BCUT2D eigenvalue weighted by atomic mass is 10.0. The topological polar surface area (TPSA) is 111 Å². The summed E-state index contributed by atoms with van der Waals surface area (Å²) in [6.07, 6.45) is 8.92. The number of pyridine rings is 1. The number of anilines is 1. The van der Waals surface area contributed by atoms with Gasteiger partial charge in [-0.05, 0) is 53.1 Å². The lowest BCUT2D eigenvalue weighted by Crippen LogP contribution is -2.48. The molecule has 0 saturated carbocycles. The van der Waals surface area contributed by atoms with Crippen LogP contribution in [0.25, 0.3) is 34.3 Å². The highest BCUT2D eigenvalue weighted by atomic mass is 16.5. The van der Waals surface area contributed by atoms with Crippen LogP contribution in [-0.4, -0.2) is 81.0 Å². The number of rotatable bonds is 10. The first-order valence-corrected chi connectivity index (χ1v) is 16.1. The van der Waals surface area contributed by atoms with Crippen LogP contribution in [0.1, 0.15) is 22.4 Å². The maximum absolute atomic E-state index is 11.8. The van der Waals surface area contributed by atoms with Gasteiger partial charge >= 0.3 is 6.09 Å². The first-order chi connectivity index (χ1) is 24.0. The van der Waals surface area contributed by atoms with E-state index < -0.39 is 6.09 Å². The minimum absolute atomic E-state index is 0.409. The number of carbonyl (C=O) groups is 1. The fraction of sp³-hybridized carbons (Fsp3) is 0.211. The van der Waals surface area contributed by atoms with Gasteiger partial charge in [0, 0.05) is 49.7 Å². The highest BCUT2D eigenvalue weighted by Crippen LogP contribution is 2.39. The Balaban J connectivity index is 1.30. The number of piperazine rings is 1. The molecular formula is C38H37N7O4. The lowest BCUT2D eigenvalue weighted by molar-refractivity contribution is 0.142. The van der Waals surface area contributed by atoms with Crippen LogP contribution in [0.15, 0.2) is 97.5 Å². The van der Waals surface area contributed by atoms with Gasteiger partial charge in [-0.3, -0.25) is 4.68 Å². The van der Waals surface area contributed by atoms with Crippen molar-refractivity contribution in [1.82, 2.24) is 29.4 Å². The normalized spacial score (nSPS) is 13.3. The molecule has 0 spiro atoms. The van der Waals surface area contributed by atoms with E-state index in [2.05, 4.69) is 22.1 Å². The first-order valence-electron chi connectivity index (χ1n) is 16.1. The van der Waals surface area contributed by atoms with Gasteiger partial charge in [0.25, 0.3) is 0 Å². The first kappa shape index (κ1) is 31.5. The van der Waals surface area contributed by atoms with Gasteiger partial charge in [-0.25, -0.2) is 14.5 Å². The van der Waals surface area contributed by atoms with Gasteiger partial charge in [-0.2, -0.15) is 10.2 Å². The van der Waals surface area contributed by atoms with E-state index in [1.165, 1.54) is 4.90 Å². The van der Waals surface area contributed by atoms with Crippen LogP contribution < -0.4 is 14.4 Å². The molecule has 0 radical (unpaired) electrons. The molecule has 0 bridgehead atoms.